The summed E-state index contributed by atoms with van der Waals surface area (Å²) >= 11 is 0. The van der Waals surface area contributed by atoms with Crippen molar-refractivity contribution in [2.75, 3.05) is 0 Å². The van der Waals surface area contributed by atoms with E-state index in [-0.39, 0.29) is 12.2 Å². The first kappa shape index (κ1) is 10.4. The Labute approximate surface area is 81.7 Å². The number of hydrogen-bond acceptors (Lipinski definition) is 1. The monoisotopic (exact) mass is 194 g/mol. The van der Waals surface area contributed by atoms with E-state index >= 15 is 0 Å². The molecule has 0 heterocycles. The molecule has 0 saturated carbocycles. The van der Waals surface area contributed by atoms with Gasteiger partial charge in [-0.05, 0) is 30.2 Å². The Kier molecular flexibility index (Phi) is 3.40. The summed E-state index contributed by atoms with van der Waals surface area (Å²) in [6.45, 7) is 1.85. The van der Waals surface area contributed by atoms with Crippen LogP contribution in [0.1, 0.15) is 17.5 Å². The summed E-state index contributed by atoms with van der Waals surface area (Å²) in [5, 5.41) is 8.39. The molecule has 1 aromatic carbocycles. The van der Waals surface area contributed by atoms with E-state index in [0.29, 0.717) is 5.56 Å². The Hall–Kier alpha value is -1.64. The molecule has 0 fully saturated rings. The van der Waals surface area contributed by atoms with Gasteiger partial charge in [-0.15, -0.1) is 0 Å². The van der Waals surface area contributed by atoms with Crippen molar-refractivity contribution in [2.24, 2.45) is 0 Å². The van der Waals surface area contributed by atoms with E-state index in [9.17, 15) is 9.18 Å². The average molecular weight is 194 g/mol. The first-order chi connectivity index (χ1) is 6.59. The van der Waals surface area contributed by atoms with E-state index in [1.807, 2.05) is 6.92 Å². The lowest BCUT2D eigenvalue weighted by Crippen LogP contribution is -1.90. The van der Waals surface area contributed by atoms with E-state index in [0.717, 1.165) is 5.56 Å². The van der Waals surface area contributed by atoms with Gasteiger partial charge in [-0.2, -0.15) is 0 Å². The molecule has 0 atom stereocenters. The van der Waals surface area contributed by atoms with Crippen LogP contribution in [0.15, 0.2) is 24.3 Å². The highest BCUT2D eigenvalue weighted by Crippen LogP contribution is 2.12. The summed E-state index contributed by atoms with van der Waals surface area (Å²) in [5.74, 6) is -1.21. The quantitative estimate of drug-likeness (QED) is 0.803. The molecule has 0 aliphatic carbocycles. The van der Waals surface area contributed by atoms with Gasteiger partial charge in [0.05, 0.1) is 6.42 Å². The van der Waals surface area contributed by atoms with Crippen molar-refractivity contribution < 1.29 is 14.3 Å². The molecule has 0 aliphatic heterocycles. The summed E-state index contributed by atoms with van der Waals surface area (Å²) in [6, 6.07) is 4.42. The molecule has 0 bridgehead atoms. The van der Waals surface area contributed by atoms with Gasteiger partial charge in [0, 0.05) is 0 Å². The Morgan fingerprint density at radius 3 is 2.93 bits per heavy atom. The van der Waals surface area contributed by atoms with E-state index in [1.54, 1.807) is 12.1 Å². The Balaban J connectivity index is 2.80. The molecule has 1 rings (SSSR count). The van der Waals surface area contributed by atoms with Crippen LogP contribution in [0.4, 0.5) is 4.39 Å². The summed E-state index contributed by atoms with van der Waals surface area (Å²) in [4.78, 5) is 10.2. The summed E-state index contributed by atoms with van der Waals surface area (Å²) in [6.07, 6.45) is 3.08. The minimum absolute atomic E-state index is 0.0457. The number of carboxylic acids is 1. The van der Waals surface area contributed by atoms with E-state index in [1.165, 1.54) is 18.2 Å². The summed E-state index contributed by atoms with van der Waals surface area (Å²) in [5.41, 5.74) is 1.64. The van der Waals surface area contributed by atoms with Gasteiger partial charge in [-0.25, -0.2) is 4.39 Å². The topological polar surface area (TPSA) is 37.3 Å². The molecule has 2 nitrogen and oxygen atoms in total. The van der Waals surface area contributed by atoms with Crippen molar-refractivity contribution >= 4 is 12.0 Å². The van der Waals surface area contributed by atoms with Crippen LogP contribution in [-0.4, -0.2) is 11.1 Å². The third kappa shape index (κ3) is 3.01. The Morgan fingerprint density at radius 1 is 1.57 bits per heavy atom. The highest BCUT2D eigenvalue weighted by molar-refractivity contribution is 5.70. The second-order valence-corrected chi connectivity index (χ2v) is 3.00. The average Bonchev–Trinajstić information content (AvgIpc) is 2.10. The highest BCUT2D eigenvalue weighted by Gasteiger charge is 1.96. The Bertz CT molecular complexity index is 370. The molecule has 0 unspecified atom stereocenters. The van der Waals surface area contributed by atoms with Gasteiger partial charge in [0.2, 0.25) is 0 Å². The molecule has 0 spiro atoms. The Morgan fingerprint density at radius 2 is 2.29 bits per heavy atom. The van der Waals surface area contributed by atoms with E-state index < -0.39 is 5.97 Å². The molecule has 74 valence electrons. The van der Waals surface area contributed by atoms with Crippen molar-refractivity contribution in [1.29, 1.82) is 0 Å². The lowest BCUT2D eigenvalue weighted by Gasteiger charge is -1.99. The standard InChI is InChI=1S/C11H11FO2/c1-8-5-6-10(12)7-9(8)3-2-4-11(13)14/h2-3,5-7H,4H2,1H3,(H,13,14). The van der Waals surface area contributed by atoms with Crippen molar-refractivity contribution in [2.45, 2.75) is 13.3 Å². The van der Waals surface area contributed by atoms with Gasteiger partial charge in [-0.1, -0.05) is 18.2 Å². The molecular formula is C11H11FO2. The van der Waals surface area contributed by atoms with Crippen molar-refractivity contribution in [3.8, 4) is 0 Å². The van der Waals surface area contributed by atoms with Gasteiger partial charge in [0.1, 0.15) is 5.82 Å². The number of halogens is 1. The van der Waals surface area contributed by atoms with Gasteiger partial charge in [0.25, 0.3) is 0 Å². The highest BCUT2D eigenvalue weighted by atomic mass is 19.1. The van der Waals surface area contributed by atoms with Crippen LogP contribution in [0.25, 0.3) is 6.08 Å². The smallest absolute Gasteiger partial charge is 0.307 e. The lowest BCUT2D eigenvalue weighted by molar-refractivity contribution is -0.135. The predicted octanol–water partition coefficient (Wildman–Crippen LogP) is 2.62. The van der Waals surface area contributed by atoms with E-state index in [4.69, 9.17) is 5.11 Å². The van der Waals surface area contributed by atoms with Gasteiger partial charge in [0.15, 0.2) is 0 Å². The predicted molar refractivity (Wildman–Crippen MR) is 52.4 cm³/mol. The minimum Gasteiger partial charge on any atom is -0.481 e. The first-order valence-corrected chi connectivity index (χ1v) is 4.24. The molecule has 1 aromatic rings. The summed E-state index contributed by atoms with van der Waals surface area (Å²) in [7, 11) is 0. The maximum Gasteiger partial charge on any atom is 0.307 e. The van der Waals surface area contributed by atoms with Crippen LogP contribution >= 0.6 is 0 Å². The third-order valence-electron chi connectivity index (χ3n) is 1.83. The molecule has 0 saturated heterocycles. The molecule has 0 radical (unpaired) electrons. The van der Waals surface area contributed by atoms with Crippen LogP contribution in [0, 0.1) is 12.7 Å². The van der Waals surface area contributed by atoms with Crippen LogP contribution in [0.2, 0.25) is 0 Å². The third-order valence-corrected chi connectivity index (χ3v) is 1.83. The van der Waals surface area contributed by atoms with Crippen LogP contribution in [0.5, 0.6) is 0 Å². The second-order valence-electron chi connectivity index (χ2n) is 3.00. The van der Waals surface area contributed by atoms with Crippen molar-refractivity contribution in [3.63, 3.8) is 0 Å². The number of rotatable bonds is 3. The van der Waals surface area contributed by atoms with Gasteiger partial charge >= 0.3 is 5.97 Å². The number of carboxylic acid groups (broad SMARTS) is 1. The van der Waals surface area contributed by atoms with E-state index in [2.05, 4.69) is 0 Å². The van der Waals surface area contributed by atoms with Crippen molar-refractivity contribution in [3.05, 3.63) is 41.2 Å². The first-order valence-electron chi connectivity index (χ1n) is 4.24. The second kappa shape index (κ2) is 4.56. The number of aryl methyl sites for hydroxylation is 1. The normalized spacial score (nSPS) is 10.7. The fourth-order valence-corrected chi connectivity index (χ4v) is 1.08. The van der Waals surface area contributed by atoms with Crippen molar-refractivity contribution in [1.82, 2.24) is 0 Å². The van der Waals surface area contributed by atoms with Crippen LogP contribution < -0.4 is 0 Å². The molecular weight excluding hydrogens is 183 g/mol. The fourth-order valence-electron chi connectivity index (χ4n) is 1.08. The molecule has 3 heteroatoms. The lowest BCUT2D eigenvalue weighted by atomic mass is 10.1. The largest absolute Gasteiger partial charge is 0.481 e. The number of carbonyl (C=O) groups is 1. The maximum absolute atomic E-state index is 12.8. The zero-order chi connectivity index (χ0) is 10.6. The molecule has 0 amide bonds. The number of aliphatic carboxylic acids is 1. The molecule has 14 heavy (non-hydrogen) atoms. The van der Waals surface area contributed by atoms with Gasteiger partial charge in [-0.3, -0.25) is 4.79 Å². The zero-order valence-corrected chi connectivity index (χ0v) is 7.83. The molecule has 1 N–H and O–H groups in total. The van der Waals surface area contributed by atoms with Crippen LogP contribution in [0.3, 0.4) is 0 Å². The van der Waals surface area contributed by atoms with Crippen LogP contribution in [-0.2, 0) is 4.79 Å². The maximum atomic E-state index is 12.8. The molecule has 0 aliphatic rings. The zero-order valence-electron chi connectivity index (χ0n) is 7.83. The number of benzene rings is 1. The fraction of sp³-hybridized carbons (Fsp3) is 0.182. The SMILES string of the molecule is Cc1ccc(F)cc1C=CCC(=O)O. The minimum atomic E-state index is -0.893. The molecule has 0 aromatic heterocycles. The number of hydrogen-bond donors (Lipinski definition) is 1. The summed E-state index contributed by atoms with van der Waals surface area (Å²) < 4.78 is 12.8. The van der Waals surface area contributed by atoms with Gasteiger partial charge < -0.3 is 5.11 Å².